The molecule has 7 heteroatoms. The zero-order valence-electron chi connectivity index (χ0n) is 11.9. The Labute approximate surface area is 135 Å². The highest BCUT2D eigenvalue weighted by molar-refractivity contribution is 7.73. The van der Waals surface area contributed by atoms with E-state index in [4.69, 9.17) is 22.8 Å². The molecule has 0 unspecified atom stereocenters. The molecule has 0 fully saturated rings. The number of ether oxygens (including phenoxy) is 2. The number of aldehydes is 1. The summed E-state index contributed by atoms with van der Waals surface area (Å²) in [6.07, 6.45) is 2.64. The molecule has 0 saturated carbocycles. The van der Waals surface area contributed by atoms with E-state index in [0.717, 1.165) is 29.1 Å². The molecule has 0 aliphatic carbocycles. The number of hydrogen-bond acceptors (Lipinski definition) is 4. The molecule has 0 atom stereocenters. The van der Waals surface area contributed by atoms with Gasteiger partial charge in [0.2, 0.25) is 0 Å². The van der Waals surface area contributed by atoms with Gasteiger partial charge in [-0.1, -0.05) is 18.2 Å². The van der Waals surface area contributed by atoms with Crippen molar-refractivity contribution >= 4 is 23.7 Å². The van der Waals surface area contributed by atoms with E-state index in [1.165, 1.54) is 0 Å². The van der Waals surface area contributed by atoms with Crippen molar-refractivity contribution < 1.29 is 27.6 Å². The van der Waals surface area contributed by atoms with E-state index in [1.807, 2.05) is 54.6 Å². The fraction of sp³-hybridized carbons (Fsp3) is 0.0625. The van der Waals surface area contributed by atoms with Crippen molar-refractivity contribution in [2.75, 3.05) is 6.61 Å². The number of benzene rings is 2. The first-order chi connectivity index (χ1) is 11.1. The zero-order chi connectivity index (χ0) is 16.7. The minimum atomic E-state index is -2.61. The van der Waals surface area contributed by atoms with Crippen LogP contribution in [0.15, 0.2) is 54.1 Å². The molecule has 2 N–H and O–H groups in total. The predicted molar refractivity (Wildman–Crippen MR) is 85.9 cm³/mol. The van der Waals surface area contributed by atoms with Crippen molar-refractivity contribution in [1.82, 2.24) is 0 Å². The highest BCUT2D eigenvalue weighted by Gasteiger charge is 2.11. The number of carbonyl (C=O) groups excluding carboxylic acids is 1. The van der Waals surface area contributed by atoms with Crippen LogP contribution in [0.25, 0.3) is 6.08 Å². The molecule has 1 aliphatic heterocycles. The molecule has 120 valence electrons. The molecule has 0 amide bonds. The fourth-order valence-electron chi connectivity index (χ4n) is 1.93. The lowest BCUT2D eigenvalue weighted by Crippen LogP contribution is -2.07. The highest BCUT2D eigenvalue weighted by Crippen LogP contribution is 2.31. The normalized spacial score (nSPS) is 12.2. The molecule has 2 aromatic rings. The molecule has 3 rings (SSSR count). The third-order valence-corrected chi connectivity index (χ3v) is 2.85. The molecule has 23 heavy (non-hydrogen) atoms. The third kappa shape index (κ3) is 5.33. The van der Waals surface area contributed by atoms with Gasteiger partial charge in [0.25, 0.3) is 11.4 Å². The van der Waals surface area contributed by atoms with Crippen LogP contribution in [-0.4, -0.2) is 26.2 Å². The Morgan fingerprint density at radius 3 is 2.43 bits per heavy atom. The van der Waals surface area contributed by atoms with Crippen LogP contribution in [0.1, 0.15) is 5.56 Å². The summed E-state index contributed by atoms with van der Waals surface area (Å²) < 4.78 is 34.1. The second-order valence-electron chi connectivity index (χ2n) is 4.47. The Balaban J connectivity index is 0.000000433. The Morgan fingerprint density at radius 2 is 1.78 bits per heavy atom. The lowest BCUT2D eigenvalue weighted by Gasteiger charge is -2.16. The number of carbonyl (C=O) groups is 1. The first-order valence-corrected chi connectivity index (χ1v) is 7.60. The molecule has 0 spiro atoms. The van der Waals surface area contributed by atoms with Crippen LogP contribution in [0, 0.1) is 0 Å². The molecule has 2 aromatic carbocycles. The van der Waals surface area contributed by atoms with Gasteiger partial charge in [-0.25, -0.2) is 0 Å². The first kappa shape index (κ1) is 16.9. The average Bonchev–Trinajstić information content (AvgIpc) is 2.54. The van der Waals surface area contributed by atoms with Gasteiger partial charge in [-0.2, -0.15) is 4.21 Å². The van der Waals surface area contributed by atoms with Crippen LogP contribution in [0.2, 0.25) is 0 Å². The van der Waals surface area contributed by atoms with Crippen molar-refractivity contribution in [3.63, 3.8) is 0 Å². The Hall–Kier alpha value is -2.48. The topological polar surface area (TPSA) is 93.1 Å². The van der Waals surface area contributed by atoms with E-state index in [2.05, 4.69) is 0 Å². The van der Waals surface area contributed by atoms with Crippen LogP contribution < -0.4 is 9.47 Å². The van der Waals surface area contributed by atoms with Gasteiger partial charge >= 0.3 is 0 Å². The van der Waals surface area contributed by atoms with E-state index in [1.54, 1.807) is 0 Å². The van der Waals surface area contributed by atoms with E-state index >= 15 is 0 Å². The fourth-order valence-corrected chi connectivity index (χ4v) is 1.93. The van der Waals surface area contributed by atoms with Gasteiger partial charge in [0.1, 0.15) is 30.1 Å². The maximum atomic E-state index is 10.8. The van der Waals surface area contributed by atoms with Crippen molar-refractivity contribution in [2.45, 2.75) is 0 Å². The van der Waals surface area contributed by atoms with Crippen molar-refractivity contribution in [1.29, 1.82) is 0 Å². The summed E-state index contributed by atoms with van der Waals surface area (Å²) in [5.74, 6) is 2.27. The van der Waals surface area contributed by atoms with Gasteiger partial charge in [-0.05, 0) is 36.4 Å². The van der Waals surface area contributed by atoms with Crippen LogP contribution in [0.4, 0.5) is 0 Å². The molecule has 6 nitrogen and oxygen atoms in total. The second-order valence-corrected chi connectivity index (χ2v) is 4.93. The minimum absolute atomic E-state index is 0.329. The third-order valence-electron chi connectivity index (χ3n) is 2.85. The first-order valence-electron chi connectivity index (χ1n) is 6.54. The number of hydrogen-bond donors (Lipinski definition) is 2. The van der Waals surface area contributed by atoms with Gasteiger partial charge in [0.05, 0.1) is 0 Å². The lowest BCUT2D eigenvalue weighted by atomic mass is 10.1. The van der Waals surface area contributed by atoms with Gasteiger partial charge in [-0.15, -0.1) is 0 Å². The number of para-hydroxylation sites is 1. The van der Waals surface area contributed by atoms with Gasteiger partial charge < -0.3 is 9.47 Å². The molecule has 0 saturated heterocycles. The molecule has 0 bridgehead atoms. The molecule has 0 aromatic heterocycles. The summed E-state index contributed by atoms with van der Waals surface area (Å²) in [7, 11) is 0. The van der Waals surface area contributed by atoms with Gasteiger partial charge in [0.15, 0.2) is 0 Å². The number of rotatable bonds is 3. The van der Waals surface area contributed by atoms with Crippen LogP contribution in [0.3, 0.4) is 0 Å². The summed E-state index contributed by atoms with van der Waals surface area (Å²) in [6.45, 7) is 0.329. The largest absolute Gasteiger partial charge is 0.488 e. The van der Waals surface area contributed by atoms with E-state index in [0.29, 0.717) is 12.2 Å². The minimum Gasteiger partial charge on any atom is -0.488 e. The molecule has 1 heterocycles. The quantitative estimate of drug-likeness (QED) is 0.662. The average molecular weight is 334 g/mol. The zero-order valence-corrected chi connectivity index (χ0v) is 12.7. The Morgan fingerprint density at radius 1 is 1.09 bits per heavy atom. The Bertz CT molecular complexity index is 723. The molecule has 1 aliphatic rings. The Kier molecular flexibility index (Phi) is 6.04. The maximum Gasteiger partial charge on any atom is 0.299 e. The summed E-state index contributed by atoms with van der Waals surface area (Å²) in [4.78, 5) is 10.8. The molecular formula is C16H14O6S. The highest BCUT2D eigenvalue weighted by atomic mass is 32.2. The van der Waals surface area contributed by atoms with Crippen molar-refractivity contribution in [2.24, 2.45) is 0 Å². The summed E-state index contributed by atoms with van der Waals surface area (Å²) in [5.41, 5.74) is 1.49. The monoisotopic (exact) mass is 334 g/mol. The van der Waals surface area contributed by atoms with Crippen molar-refractivity contribution in [3.05, 3.63) is 59.7 Å². The lowest BCUT2D eigenvalue weighted by molar-refractivity contribution is -0.105. The van der Waals surface area contributed by atoms with Crippen molar-refractivity contribution in [3.8, 4) is 17.2 Å². The molecular weight excluding hydrogens is 320 g/mol. The molecule has 0 radical (unpaired) electrons. The maximum absolute atomic E-state index is 10.8. The van der Waals surface area contributed by atoms with Crippen LogP contribution in [-0.2, 0) is 16.2 Å². The predicted octanol–water partition coefficient (Wildman–Crippen LogP) is 3.13. The van der Waals surface area contributed by atoms with Gasteiger partial charge in [-0.3, -0.25) is 13.9 Å². The van der Waals surface area contributed by atoms with Crippen LogP contribution in [0.5, 0.6) is 17.2 Å². The summed E-state index contributed by atoms with van der Waals surface area (Å²) in [6, 6.07) is 15.1. The van der Waals surface area contributed by atoms with Crippen LogP contribution >= 0.6 is 0 Å². The van der Waals surface area contributed by atoms with E-state index < -0.39 is 11.4 Å². The van der Waals surface area contributed by atoms with E-state index in [-0.39, 0.29) is 0 Å². The summed E-state index contributed by atoms with van der Waals surface area (Å²) >= 11 is -2.61. The smallest absolute Gasteiger partial charge is 0.299 e. The second kappa shape index (κ2) is 8.23. The summed E-state index contributed by atoms with van der Waals surface area (Å²) in [5, 5.41) is 0. The SMILES string of the molecule is O=CC1=Cc2cc(Oc3ccccc3)ccc2OC1.O=S(O)O. The van der Waals surface area contributed by atoms with E-state index in [9.17, 15) is 4.79 Å². The number of fused-ring (bicyclic) bond motifs is 1. The standard InChI is InChI=1S/C16H12O3.H2O3S/c17-10-12-8-13-9-15(6-7-16(13)18-11-12)19-14-4-2-1-3-5-14;1-4(2)3/h1-10H,11H2;(H2,1,2,3). The van der Waals surface area contributed by atoms with Gasteiger partial charge in [0, 0.05) is 11.1 Å².